The largest absolute Gasteiger partial charge is 0.465 e. The molecular formula is C14H19NO3. The monoisotopic (exact) mass is 249 g/mol. The van der Waals surface area contributed by atoms with E-state index in [0.29, 0.717) is 23.2 Å². The van der Waals surface area contributed by atoms with Gasteiger partial charge in [-0.05, 0) is 11.6 Å². The second-order valence-corrected chi connectivity index (χ2v) is 3.44. The van der Waals surface area contributed by atoms with E-state index in [-0.39, 0.29) is 12.2 Å². The van der Waals surface area contributed by atoms with Gasteiger partial charge in [-0.2, -0.15) is 0 Å². The number of hydrogen-bond donors (Lipinski definition) is 1. The quantitative estimate of drug-likeness (QED) is 0.505. The van der Waals surface area contributed by atoms with Crippen molar-refractivity contribution in [1.29, 1.82) is 0 Å². The molecule has 0 bridgehead atoms. The minimum atomic E-state index is -0.483. The van der Waals surface area contributed by atoms with E-state index in [2.05, 4.69) is 17.9 Å². The number of methoxy groups -OCH3 is 1. The van der Waals surface area contributed by atoms with Gasteiger partial charge in [0.2, 0.25) is 0 Å². The summed E-state index contributed by atoms with van der Waals surface area (Å²) in [6, 6.07) is 5.03. The molecule has 1 aromatic rings. The van der Waals surface area contributed by atoms with Crippen molar-refractivity contribution in [1.82, 2.24) is 0 Å². The molecular weight excluding hydrogens is 230 g/mol. The molecule has 0 amide bonds. The van der Waals surface area contributed by atoms with Crippen LogP contribution < -0.4 is 5.73 Å². The summed E-state index contributed by atoms with van der Waals surface area (Å²) >= 11 is 0. The molecule has 0 heterocycles. The molecule has 0 aliphatic rings. The second kappa shape index (κ2) is 8.06. The average Bonchev–Trinajstić information content (AvgIpc) is 2.42. The maximum atomic E-state index is 11.4. The normalized spacial score (nSPS) is 9.00. The van der Waals surface area contributed by atoms with Crippen LogP contribution in [0.25, 0.3) is 0 Å². The van der Waals surface area contributed by atoms with Crippen molar-refractivity contribution >= 4 is 17.4 Å². The van der Waals surface area contributed by atoms with Crippen molar-refractivity contribution in [3.8, 4) is 0 Å². The van der Waals surface area contributed by atoms with E-state index in [4.69, 9.17) is 5.73 Å². The molecule has 0 saturated carbocycles. The molecule has 1 rings (SSSR count). The highest BCUT2D eigenvalue weighted by Gasteiger charge is 2.13. The molecule has 0 atom stereocenters. The molecule has 0 radical (unpaired) electrons. The van der Waals surface area contributed by atoms with Gasteiger partial charge in [0.15, 0.2) is 0 Å². The summed E-state index contributed by atoms with van der Waals surface area (Å²) in [6.45, 7) is 7.79. The highest BCUT2D eigenvalue weighted by atomic mass is 16.5. The molecule has 0 unspecified atom stereocenters. The van der Waals surface area contributed by atoms with Crippen molar-refractivity contribution < 1.29 is 14.3 Å². The zero-order valence-electron chi connectivity index (χ0n) is 10.9. The van der Waals surface area contributed by atoms with E-state index < -0.39 is 5.97 Å². The second-order valence-electron chi connectivity index (χ2n) is 3.44. The molecule has 98 valence electrons. The summed E-state index contributed by atoms with van der Waals surface area (Å²) < 4.78 is 4.60. The number of Topliss-reactive ketones (excluding diaryl/α,β-unsaturated/α-hetero) is 1. The van der Waals surface area contributed by atoms with Gasteiger partial charge < -0.3 is 10.5 Å². The van der Waals surface area contributed by atoms with Crippen LogP contribution in [0.15, 0.2) is 31.4 Å². The number of ketones is 1. The number of carbonyl (C=O) groups is 2. The number of nitrogens with two attached hydrogens (primary N) is 1. The summed E-state index contributed by atoms with van der Waals surface area (Å²) in [5.41, 5.74) is 7.12. The predicted octanol–water partition coefficient (Wildman–Crippen LogP) is 2.38. The van der Waals surface area contributed by atoms with Gasteiger partial charge in [0.05, 0.1) is 12.7 Å². The fraction of sp³-hybridized carbons (Fsp3) is 0.286. The van der Waals surface area contributed by atoms with Crippen molar-refractivity contribution in [2.45, 2.75) is 19.8 Å². The Balaban J connectivity index is 0.00000137. The fourth-order valence-corrected chi connectivity index (χ4v) is 1.39. The number of esters is 1. The van der Waals surface area contributed by atoms with Gasteiger partial charge in [-0.1, -0.05) is 19.1 Å². The van der Waals surface area contributed by atoms with Crippen LogP contribution in [-0.4, -0.2) is 18.9 Å². The maximum Gasteiger partial charge on any atom is 0.339 e. The van der Waals surface area contributed by atoms with Crippen LogP contribution in [0.1, 0.15) is 29.3 Å². The average molecular weight is 249 g/mol. The number of hydrogen-bond acceptors (Lipinski definition) is 4. The molecule has 0 aliphatic carbocycles. The summed E-state index contributed by atoms with van der Waals surface area (Å²) in [6.07, 6.45) is 0.717. The Bertz CT molecular complexity index is 427. The third kappa shape index (κ3) is 4.05. The minimum Gasteiger partial charge on any atom is -0.465 e. The number of para-hydroxylation sites is 1. The Morgan fingerprint density at radius 3 is 2.44 bits per heavy atom. The molecule has 0 fully saturated rings. The highest BCUT2D eigenvalue weighted by Crippen LogP contribution is 2.19. The van der Waals surface area contributed by atoms with Gasteiger partial charge >= 0.3 is 5.97 Å². The first-order valence-corrected chi connectivity index (χ1v) is 5.57. The molecule has 0 aromatic heterocycles. The molecule has 4 heteroatoms. The van der Waals surface area contributed by atoms with E-state index in [1.54, 1.807) is 25.1 Å². The number of carbonyl (C=O) groups excluding carboxylic acids is 2. The summed E-state index contributed by atoms with van der Waals surface area (Å²) in [5, 5.41) is 0. The Labute approximate surface area is 107 Å². The predicted molar refractivity (Wildman–Crippen MR) is 72.4 cm³/mol. The standard InChI is InChI=1S/C12H15NO3.C2H4/c1-3-9(14)7-8-5-4-6-10(11(8)13)12(15)16-2;1-2/h4-6H,3,7,13H2,1-2H3;1-2H2. The Kier molecular flexibility index (Phi) is 7.12. The van der Waals surface area contributed by atoms with Crippen LogP contribution in [0, 0.1) is 0 Å². The summed E-state index contributed by atoms with van der Waals surface area (Å²) in [5.74, 6) is -0.392. The number of ether oxygens (including phenoxy) is 1. The first kappa shape index (κ1) is 15.9. The lowest BCUT2D eigenvalue weighted by Gasteiger charge is -2.08. The number of nitrogen functional groups attached to an aromatic ring is 1. The lowest BCUT2D eigenvalue weighted by molar-refractivity contribution is -0.118. The number of benzene rings is 1. The van der Waals surface area contributed by atoms with Gasteiger partial charge in [-0.15, -0.1) is 13.2 Å². The molecule has 0 saturated heterocycles. The van der Waals surface area contributed by atoms with Crippen molar-refractivity contribution in [2.75, 3.05) is 12.8 Å². The molecule has 2 N–H and O–H groups in total. The van der Waals surface area contributed by atoms with Crippen LogP contribution in [0.4, 0.5) is 5.69 Å². The van der Waals surface area contributed by atoms with E-state index in [1.807, 2.05) is 0 Å². The van der Waals surface area contributed by atoms with Gasteiger partial charge in [-0.3, -0.25) is 4.79 Å². The van der Waals surface area contributed by atoms with Crippen LogP contribution >= 0.6 is 0 Å². The molecule has 1 aromatic carbocycles. The van der Waals surface area contributed by atoms with Gasteiger partial charge in [-0.25, -0.2) is 4.79 Å². The smallest absolute Gasteiger partial charge is 0.339 e. The number of rotatable bonds is 4. The SMILES string of the molecule is C=C.CCC(=O)Cc1cccc(C(=O)OC)c1N. The first-order chi connectivity index (χ1) is 8.60. The maximum absolute atomic E-state index is 11.4. The van der Waals surface area contributed by atoms with Crippen LogP contribution in [0.5, 0.6) is 0 Å². The summed E-state index contributed by atoms with van der Waals surface area (Å²) in [7, 11) is 1.30. The van der Waals surface area contributed by atoms with Crippen molar-refractivity contribution in [2.24, 2.45) is 0 Å². The zero-order chi connectivity index (χ0) is 14.1. The van der Waals surface area contributed by atoms with Crippen LogP contribution in [0.3, 0.4) is 0 Å². The molecule has 18 heavy (non-hydrogen) atoms. The highest BCUT2D eigenvalue weighted by molar-refractivity contribution is 5.96. The van der Waals surface area contributed by atoms with E-state index in [9.17, 15) is 9.59 Å². The van der Waals surface area contributed by atoms with Crippen molar-refractivity contribution in [3.63, 3.8) is 0 Å². The molecule has 0 spiro atoms. The van der Waals surface area contributed by atoms with E-state index >= 15 is 0 Å². The Morgan fingerprint density at radius 1 is 1.33 bits per heavy atom. The number of anilines is 1. The van der Waals surface area contributed by atoms with E-state index in [0.717, 1.165) is 0 Å². The van der Waals surface area contributed by atoms with Crippen LogP contribution in [0.2, 0.25) is 0 Å². The zero-order valence-corrected chi connectivity index (χ0v) is 10.9. The van der Waals surface area contributed by atoms with Gasteiger partial charge in [0.25, 0.3) is 0 Å². The molecule has 0 aliphatic heterocycles. The molecule has 4 nitrogen and oxygen atoms in total. The third-order valence-corrected chi connectivity index (χ3v) is 2.38. The minimum absolute atomic E-state index is 0.0914. The topological polar surface area (TPSA) is 69.4 Å². The van der Waals surface area contributed by atoms with Crippen molar-refractivity contribution in [3.05, 3.63) is 42.5 Å². The van der Waals surface area contributed by atoms with E-state index in [1.165, 1.54) is 7.11 Å². The Morgan fingerprint density at radius 2 is 1.94 bits per heavy atom. The van der Waals surface area contributed by atoms with Gasteiger partial charge in [0, 0.05) is 18.5 Å². The van der Waals surface area contributed by atoms with Crippen LogP contribution in [-0.2, 0) is 16.0 Å². The summed E-state index contributed by atoms with van der Waals surface area (Å²) in [4.78, 5) is 22.7. The lowest BCUT2D eigenvalue weighted by atomic mass is 10.0. The lowest BCUT2D eigenvalue weighted by Crippen LogP contribution is -2.10. The third-order valence-electron chi connectivity index (χ3n) is 2.38. The van der Waals surface area contributed by atoms with Gasteiger partial charge in [0.1, 0.15) is 5.78 Å². The fourth-order valence-electron chi connectivity index (χ4n) is 1.39. The Hall–Kier alpha value is -2.10. The first-order valence-electron chi connectivity index (χ1n) is 5.57.